The van der Waals surface area contributed by atoms with E-state index in [9.17, 15) is 19.8 Å². The zero-order chi connectivity index (χ0) is 28.8. The highest BCUT2D eigenvalue weighted by molar-refractivity contribution is 5.77. The summed E-state index contributed by atoms with van der Waals surface area (Å²) < 4.78 is 16.3. The average molecular weight is 552 g/mol. The molecule has 1 amide bonds. The van der Waals surface area contributed by atoms with Crippen LogP contribution in [0.25, 0.3) is 0 Å². The van der Waals surface area contributed by atoms with Crippen LogP contribution in [0.15, 0.2) is 57.7 Å². The number of phenols is 1. The van der Waals surface area contributed by atoms with Crippen LogP contribution in [0, 0.1) is 6.92 Å². The molecular weight excluding hydrogens is 514 g/mol. The lowest BCUT2D eigenvalue weighted by atomic mass is 9.91. The Morgan fingerprint density at radius 2 is 1.68 bits per heavy atom. The van der Waals surface area contributed by atoms with E-state index in [2.05, 4.69) is 22.2 Å². The van der Waals surface area contributed by atoms with E-state index in [1.165, 1.54) is 19.2 Å². The highest BCUT2D eigenvalue weighted by atomic mass is 16.5. The molecule has 1 aliphatic rings. The molecule has 0 unspecified atom stereocenters. The van der Waals surface area contributed by atoms with Crippen LogP contribution in [0.2, 0.25) is 0 Å². The molecule has 0 spiro atoms. The minimum Gasteiger partial charge on any atom is -0.504 e. The van der Waals surface area contributed by atoms with Crippen LogP contribution >= 0.6 is 0 Å². The Morgan fingerprint density at radius 3 is 2.33 bits per heavy atom. The number of phenolic OH excluding ortho intramolecular Hbond substituents is 1. The number of ether oxygens (including phenoxy) is 2. The molecule has 40 heavy (non-hydrogen) atoms. The van der Waals surface area contributed by atoms with Crippen LogP contribution in [-0.4, -0.2) is 79.9 Å². The highest BCUT2D eigenvalue weighted by Crippen LogP contribution is 2.37. The largest absolute Gasteiger partial charge is 0.504 e. The molecule has 214 valence electrons. The van der Waals surface area contributed by atoms with Gasteiger partial charge in [0, 0.05) is 45.2 Å². The summed E-state index contributed by atoms with van der Waals surface area (Å²) in [7, 11) is 5.14. The fourth-order valence-corrected chi connectivity index (χ4v) is 5.02. The first kappa shape index (κ1) is 29.0. The minimum absolute atomic E-state index is 0.0151. The van der Waals surface area contributed by atoms with Crippen molar-refractivity contribution in [2.75, 3.05) is 54.0 Å². The third-order valence-electron chi connectivity index (χ3n) is 7.36. The Morgan fingerprint density at radius 1 is 1.00 bits per heavy atom. The minimum atomic E-state index is -0.801. The molecule has 2 atom stereocenters. The van der Waals surface area contributed by atoms with Gasteiger partial charge in [-0.1, -0.05) is 18.2 Å². The van der Waals surface area contributed by atoms with Crippen molar-refractivity contribution in [3.8, 4) is 23.0 Å². The molecule has 1 aliphatic heterocycles. The third kappa shape index (κ3) is 6.75. The molecule has 1 aromatic heterocycles. The molecule has 0 bridgehead atoms. The molecule has 3 N–H and O–H groups in total. The van der Waals surface area contributed by atoms with Crippen LogP contribution < -0.4 is 20.2 Å². The Kier molecular flexibility index (Phi) is 9.34. The lowest BCUT2D eigenvalue weighted by Crippen LogP contribution is -2.48. The van der Waals surface area contributed by atoms with Gasteiger partial charge in [0.25, 0.3) is 0 Å². The first-order chi connectivity index (χ1) is 19.2. The Hall–Kier alpha value is -4.02. The van der Waals surface area contributed by atoms with Crippen molar-refractivity contribution >= 4 is 5.91 Å². The maximum Gasteiger partial charge on any atom is 0.227 e. The quantitative estimate of drug-likeness (QED) is 0.349. The number of aryl methyl sites for hydroxylation is 1. The van der Waals surface area contributed by atoms with Gasteiger partial charge >= 0.3 is 0 Å². The number of likely N-dealkylation sites (N-methyl/N-ethyl adjacent to an activating group) is 1. The number of nitrogens with zero attached hydrogens (tertiary/aromatic N) is 2. The van der Waals surface area contributed by atoms with Crippen molar-refractivity contribution in [3.05, 3.63) is 81.4 Å². The number of methoxy groups -OCH3 is 2. The van der Waals surface area contributed by atoms with E-state index in [4.69, 9.17) is 13.9 Å². The van der Waals surface area contributed by atoms with Crippen molar-refractivity contribution in [1.82, 2.24) is 15.1 Å². The van der Waals surface area contributed by atoms with Crippen LogP contribution in [0.5, 0.6) is 23.0 Å². The number of rotatable bonds is 10. The maximum atomic E-state index is 13.4. The summed E-state index contributed by atoms with van der Waals surface area (Å²) in [5.41, 5.74) is 1.01. The summed E-state index contributed by atoms with van der Waals surface area (Å²) in [6.07, 6.45) is -0.105. The second-order valence-electron chi connectivity index (χ2n) is 10.1. The van der Waals surface area contributed by atoms with Gasteiger partial charge in [-0.15, -0.1) is 0 Å². The predicted molar refractivity (Wildman–Crippen MR) is 150 cm³/mol. The number of piperazine rings is 1. The van der Waals surface area contributed by atoms with Gasteiger partial charge in [-0.2, -0.15) is 0 Å². The van der Waals surface area contributed by atoms with E-state index in [0.29, 0.717) is 17.9 Å². The standard InChI is InChI=1S/C30H37N3O7/c1-19-15-26(35)29(37)30(40-19)23(21-7-10-25(34)27(16-21)39-4)17-28(36)31-18-24(33-13-11-32(2)12-14-33)20-5-8-22(38-3)9-6-20/h5-10,15-16,23-24,34,37H,11-14,17-18H2,1-4H3,(H,31,36)/t23-,24+/m1/s1. The summed E-state index contributed by atoms with van der Waals surface area (Å²) in [4.78, 5) is 30.4. The van der Waals surface area contributed by atoms with Gasteiger partial charge in [-0.3, -0.25) is 14.5 Å². The van der Waals surface area contributed by atoms with E-state index in [1.807, 2.05) is 24.3 Å². The molecule has 10 nitrogen and oxygen atoms in total. The first-order valence-corrected chi connectivity index (χ1v) is 13.2. The second-order valence-corrected chi connectivity index (χ2v) is 10.1. The van der Waals surface area contributed by atoms with Gasteiger partial charge in [-0.25, -0.2) is 0 Å². The van der Waals surface area contributed by atoms with E-state index in [1.54, 1.807) is 26.2 Å². The summed E-state index contributed by atoms with van der Waals surface area (Å²) in [5, 5.41) is 23.8. The topological polar surface area (TPSA) is 125 Å². The highest BCUT2D eigenvalue weighted by Gasteiger charge is 2.29. The van der Waals surface area contributed by atoms with Crippen molar-refractivity contribution in [2.45, 2.75) is 25.3 Å². The molecule has 3 aromatic rings. The SMILES string of the molecule is COc1ccc([C@H](CNC(=O)C[C@H](c2ccc(O)c(OC)c2)c2oc(C)cc(=O)c2O)N2CCN(C)CC2)cc1. The number of nitrogens with one attached hydrogen (secondary N) is 1. The zero-order valence-electron chi connectivity index (χ0n) is 23.3. The van der Waals surface area contributed by atoms with Crippen LogP contribution in [0.4, 0.5) is 0 Å². The monoisotopic (exact) mass is 551 g/mol. The lowest BCUT2D eigenvalue weighted by molar-refractivity contribution is -0.121. The molecule has 10 heteroatoms. The molecule has 2 aromatic carbocycles. The molecule has 4 rings (SSSR count). The molecule has 0 saturated carbocycles. The van der Waals surface area contributed by atoms with Gasteiger partial charge in [0.1, 0.15) is 11.5 Å². The van der Waals surface area contributed by atoms with Gasteiger partial charge in [0.05, 0.1) is 26.2 Å². The number of hydrogen-bond acceptors (Lipinski definition) is 9. The van der Waals surface area contributed by atoms with Crippen LogP contribution in [0.1, 0.15) is 41.0 Å². The molecule has 1 saturated heterocycles. The normalized spacial score (nSPS) is 15.8. The van der Waals surface area contributed by atoms with Gasteiger partial charge in [-0.05, 0) is 49.4 Å². The lowest BCUT2D eigenvalue weighted by Gasteiger charge is -2.38. The van der Waals surface area contributed by atoms with E-state index in [-0.39, 0.29) is 35.6 Å². The Balaban J connectivity index is 1.59. The molecule has 1 fully saturated rings. The number of amides is 1. The zero-order valence-corrected chi connectivity index (χ0v) is 23.3. The van der Waals surface area contributed by atoms with E-state index < -0.39 is 17.1 Å². The molecule has 0 aliphatic carbocycles. The molecule has 2 heterocycles. The number of hydrogen-bond donors (Lipinski definition) is 3. The number of carbonyl (C=O) groups is 1. The molecular formula is C30H37N3O7. The van der Waals surface area contributed by atoms with Crippen LogP contribution in [-0.2, 0) is 4.79 Å². The average Bonchev–Trinajstić information content (AvgIpc) is 2.95. The van der Waals surface area contributed by atoms with Crippen molar-refractivity contribution < 1.29 is 28.9 Å². The Labute approximate surface area is 233 Å². The summed E-state index contributed by atoms with van der Waals surface area (Å²) in [5.74, 6) is -0.452. The summed E-state index contributed by atoms with van der Waals surface area (Å²) >= 11 is 0. The maximum absolute atomic E-state index is 13.4. The fourth-order valence-electron chi connectivity index (χ4n) is 5.02. The van der Waals surface area contributed by atoms with Crippen molar-refractivity contribution in [3.63, 3.8) is 0 Å². The molecule has 0 radical (unpaired) electrons. The van der Waals surface area contributed by atoms with Crippen molar-refractivity contribution in [2.24, 2.45) is 0 Å². The first-order valence-electron chi connectivity index (χ1n) is 13.2. The van der Waals surface area contributed by atoms with Crippen LogP contribution in [0.3, 0.4) is 0 Å². The van der Waals surface area contributed by atoms with Gasteiger partial charge < -0.3 is 34.3 Å². The Bertz CT molecular complexity index is 1360. The number of aromatic hydroxyl groups is 2. The van der Waals surface area contributed by atoms with Crippen molar-refractivity contribution in [1.29, 1.82) is 0 Å². The third-order valence-corrected chi connectivity index (χ3v) is 7.36. The number of carbonyl (C=O) groups excluding carboxylic acids is 1. The van der Waals surface area contributed by atoms with Gasteiger partial charge in [0.2, 0.25) is 17.1 Å². The fraction of sp³-hybridized carbons (Fsp3) is 0.400. The van der Waals surface area contributed by atoms with E-state index in [0.717, 1.165) is 37.5 Å². The second kappa shape index (κ2) is 12.9. The predicted octanol–water partition coefficient (Wildman–Crippen LogP) is 3.00. The number of benzene rings is 2. The van der Waals surface area contributed by atoms with E-state index >= 15 is 0 Å². The smallest absolute Gasteiger partial charge is 0.227 e. The van der Waals surface area contributed by atoms with Gasteiger partial charge in [0.15, 0.2) is 17.3 Å². The summed E-state index contributed by atoms with van der Waals surface area (Å²) in [6.45, 7) is 5.55. The summed E-state index contributed by atoms with van der Waals surface area (Å²) in [6, 6.07) is 13.6.